The Hall–Kier alpha value is -0.580. The molecule has 1 amide bonds. The summed E-state index contributed by atoms with van der Waals surface area (Å²) in [6.45, 7) is 3.47. The third kappa shape index (κ3) is 1.85. The minimum atomic E-state index is -3.41. The minimum absolute atomic E-state index is 0.207. The van der Waals surface area contributed by atoms with E-state index in [1.54, 1.807) is 6.92 Å². The molecule has 1 N–H and O–H groups in total. The predicted octanol–water partition coefficient (Wildman–Crippen LogP) is 0.785. The molecule has 0 bridgehead atoms. The van der Waals surface area contributed by atoms with E-state index in [9.17, 15) is 13.2 Å². The van der Waals surface area contributed by atoms with Crippen molar-refractivity contribution in [1.29, 1.82) is 0 Å². The fourth-order valence-corrected chi connectivity index (χ4v) is 2.96. The first-order chi connectivity index (χ1) is 5.97. The van der Waals surface area contributed by atoms with Gasteiger partial charge in [0.05, 0.1) is 4.75 Å². The van der Waals surface area contributed by atoms with Crippen LogP contribution in [0, 0.1) is 0 Å². The lowest BCUT2D eigenvalue weighted by Crippen LogP contribution is -2.39. The van der Waals surface area contributed by atoms with Crippen molar-refractivity contribution in [3.63, 3.8) is 0 Å². The maximum Gasteiger partial charge on any atom is 0.240 e. The van der Waals surface area contributed by atoms with Gasteiger partial charge in [-0.25, -0.2) is 8.42 Å². The summed E-state index contributed by atoms with van der Waals surface area (Å²) in [5, 5.41) is 0. The van der Waals surface area contributed by atoms with Crippen LogP contribution in [-0.4, -0.2) is 19.1 Å². The van der Waals surface area contributed by atoms with Crippen molar-refractivity contribution in [2.45, 2.75) is 44.3 Å². The van der Waals surface area contributed by atoms with Gasteiger partial charge in [0.2, 0.25) is 15.9 Å². The molecule has 4 nitrogen and oxygen atoms in total. The fraction of sp³-hybridized carbons (Fsp3) is 0.875. The second-order valence-corrected chi connectivity index (χ2v) is 5.50. The normalized spacial score (nSPS) is 19.5. The van der Waals surface area contributed by atoms with Gasteiger partial charge in [-0.3, -0.25) is 9.52 Å². The summed E-state index contributed by atoms with van der Waals surface area (Å²) in [4.78, 5) is 10.9. The molecule has 1 aliphatic rings. The van der Waals surface area contributed by atoms with Gasteiger partial charge in [-0.05, 0) is 19.3 Å². The van der Waals surface area contributed by atoms with Crippen LogP contribution in [0.5, 0.6) is 0 Å². The van der Waals surface area contributed by atoms with E-state index in [4.69, 9.17) is 0 Å². The molecule has 13 heavy (non-hydrogen) atoms. The average Bonchev–Trinajstić information content (AvgIpc) is 2.83. The van der Waals surface area contributed by atoms with Gasteiger partial charge in [-0.15, -0.1) is 0 Å². The molecule has 1 rings (SSSR count). The van der Waals surface area contributed by atoms with Gasteiger partial charge in [0.1, 0.15) is 0 Å². The minimum Gasteiger partial charge on any atom is -0.274 e. The van der Waals surface area contributed by atoms with Crippen molar-refractivity contribution in [3.8, 4) is 0 Å². The molecule has 5 heteroatoms. The van der Waals surface area contributed by atoms with Crippen molar-refractivity contribution in [3.05, 3.63) is 0 Å². The summed E-state index contributed by atoms with van der Waals surface area (Å²) in [6.07, 6.45) is 2.14. The van der Waals surface area contributed by atoms with Gasteiger partial charge in [0, 0.05) is 6.42 Å². The number of rotatable bonds is 4. The first-order valence-corrected chi connectivity index (χ1v) is 6.01. The molecule has 0 heterocycles. The van der Waals surface area contributed by atoms with E-state index in [0.29, 0.717) is 19.3 Å². The highest BCUT2D eigenvalue weighted by Gasteiger charge is 2.53. The summed E-state index contributed by atoms with van der Waals surface area (Å²) < 4.78 is 24.6. The zero-order valence-electron chi connectivity index (χ0n) is 7.96. The number of sulfonamides is 1. The van der Waals surface area contributed by atoms with Crippen LogP contribution in [0.25, 0.3) is 0 Å². The molecule has 0 aromatic heterocycles. The van der Waals surface area contributed by atoms with Crippen molar-refractivity contribution in [2.24, 2.45) is 0 Å². The van der Waals surface area contributed by atoms with Crippen molar-refractivity contribution >= 4 is 15.9 Å². The Bertz CT molecular complexity index is 303. The predicted molar refractivity (Wildman–Crippen MR) is 49.6 cm³/mol. The van der Waals surface area contributed by atoms with Crippen LogP contribution in [-0.2, 0) is 14.8 Å². The molecule has 0 atom stereocenters. The van der Waals surface area contributed by atoms with Crippen LogP contribution in [0.4, 0.5) is 0 Å². The van der Waals surface area contributed by atoms with Gasteiger partial charge in [0.15, 0.2) is 0 Å². The molecule has 0 saturated heterocycles. The van der Waals surface area contributed by atoms with E-state index >= 15 is 0 Å². The lowest BCUT2D eigenvalue weighted by Gasteiger charge is -2.13. The molecule has 0 spiro atoms. The number of amides is 1. The zero-order chi connectivity index (χ0) is 10.1. The van der Waals surface area contributed by atoms with Crippen LogP contribution >= 0.6 is 0 Å². The molecule has 0 unspecified atom stereocenters. The molecule has 1 saturated carbocycles. The maximum atomic E-state index is 11.6. The van der Waals surface area contributed by atoms with Gasteiger partial charge >= 0.3 is 0 Å². The summed E-state index contributed by atoms with van der Waals surface area (Å²) in [5.74, 6) is -0.417. The SMILES string of the molecule is CCC(=O)NS(=O)(=O)C1(CC)CC1. The Kier molecular flexibility index (Phi) is 2.66. The number of hydrogen-bond donors (Lipinski definition) is 1. The highest BCUT2D eigenvalue weighted by atomic mass is 32.2. The van der Waals surface area contributed by atoms with Crippen LogP contribution < -0.4 is 4.72 Å². The Labute approximate surface area is 78.8 Å². The molecule has 0 radical (unpaired) electrons. The molecule has 0 aromatic rings. The quantitative estimate of drug-likeness (QED) is 0.738. The first-order valence-electron chi connectivity index (χ1n) is 4.52. The second-order valence-electron chi connectivity index (χ2n) is 3.42. The summed E-state index contributed by atoms with van der Waals surface area (Å²) in [6, 6.07) is 0. The first kappa shape index (κ1) is 10.5. The van der Waals surface area contributed by atoms with Crippen LogP contribution in [0.1, 0.15) is 39.5 Å². The molecular formula is C8H15NO3S. The van der Waals surface area contributed by atoms with E-state index < -0.39 is 20.7 Å². The number of hydrogen-bond acceptors (Lipinski definition) is 3. The lowest BCUT2D eigenvalue weighted by atomic mass is 10.3. The van der Waals surface area contributed by atoms with E-state index in [-0.39, 0.29) is 6.42 Å². The average molecular weight is 205 g/mol. The highest BCUT2D eigenvalue weighted by molar-refractivity contribution is 7.91. The summed E-state index contributed by atoms with van der Waals surface area (Å²) >= 11 is 0. The van der Waals surface area contributed by atoms with Crippen LogP contribution in [0.3, 0.4) is 0 Å². The number of carbonyl (C=O) groups is 1. The van der Waals surface area contributed by atoms with Crippen LogP contribution in [0.2, 0.25) is 0 Å². The Morgan fingerprint density at radius 2 is 1.92 bits per heavy atom. The summed E-state index contributed by atoms with van der Waals surface area (Å²) in [7, 11) is -3.41. The van der Waals surface area contributed by atoms with Crippen LogP contribution in [0.15, 0.2) is 0 Å². The van der Waals surface area contributed by atoms with E-state index in [0.717, 1.165) is 0 Å². The zero-order valence-corrected chi connectivity index (χ0v) is 8.78. The molecule has 1 aliphatic carbocycles. The molecule has 76 valence electrons. The lowest BCUT2D eigenvalue weighted by molar-refractivity contribution is -0.119. The van der Waals surface area contributed by atoms with E-state index in [2.05, 4.69) is 4.72 Å². The molecule has 1 fully saturated rings. The van der Waals surface area contributed by atoms with Gasteiger partial charge in [-0.1, -0.05) is 13.8 Å². The molecular weight excluding hydrogens is 190 g/mol. The van der Waals surface area contributed by atoms with E-state index in [1.165, 1.54) is 0 Å². The topological polar surface area (TPSA) is 63.2 Å². The van der Waals surface area contributed by atoms with Crippen molar-refractivity contribution in [1.82, 2.24) is 4.72 Å². The smallest absolute Gasteiger partial charge is 0.240 e. The third-order valence-electron chi connectivity index (χ3n) is 2.59. The Balaban J connectivity index is 2.73. The fourth-order valence-electron chi connectivity index (χ4n) is 1.28. The Morgan fingerprint density at radius 3 is 2.23 bits per heavy atom. The standard InChI is InChI=1S/C8H15NO3S/c1-3-7(10)9-13(11,12)8(4-2)5-6-8/h3-6H2,1-2H3,(H,9,10). The molecule has 0 aromatic carbocycles. The number of nitrogens with one attached hydrogen (secondary N) is 1. The monoisotopic (exact) mass is 205 g/mol. The second kappa shape index (κ2) is 3.29. The maximum absolute atomic E-state index is 11.6. The Morgan fingerprint density at radius 1 is 1.38 bits per heavy atom. The molecule has 0 aliphatic heterocycles. The third-order valence-corrected chi connectivity index (χ3v) is 4.92. The highest BCUT2D eigenvalue weighted by Crippen LogP contribution is 2.45. The van der Waals surface area contributed by atoms with Gasteiger partial charge < -0.3 is 0 Å². The van der Waals surface area contributed by atoms with Gasteiger partial charge in [-0.2, -0.15) is 0 Å². The number of carbonyl (C=O) groups excluding carboxylic acids is 1. The van der Waals surface area contributed by atoms with Gasteiger partial charge in [0.25, 0.3) is 0 Å². The van der Waals surface area contributed by atoms with E-state index in [1.807, 2.05) is 6.92 Å². The van der Waals surface area contributed by atoms with Crippen molar-refractivity contribution in [2.75, 3.05) is 0 Å². The van der Waals surface area contributed by atoms with Crippen molar-refractivity contribution < 1.29 is 13.2 Å². The summed E-state index contributed by atoms with van der Waals surface area (Å²) in [5.41, 5.74) is 0. The largest absolute Gasteiger partial charge is 0.274 e.